The van der Waals surface area contributed by atoms with Crippen LogP contribution in [-0.2, 0) is 20.4 Å². The third kappa shape index (κ3) is 9.23. The van der Waals surface area contributed by atoms with E-state index in [2.05, 4.69) is 146 Å². The molecule has 0 unspecified atom stereocenters. The minimum atomic E-state index is 0. The van der Waals surface area contributed by atoms with E-state index in [-0.39, 0.29) is 20.4 Å². The zero-order chi connectivity index (χ0) is 55.2. The Hall–Kier alpha value is -6.90. The van der Waals surface area contributed by atoms with Crippen LogP contribution in [0.25, 0.3) is 132 Å². The molecule has 2 aliphatic heterocycles. The zero-order valence-corrected chi connectivity index (χ0v) is 50.8. The van der Waals surface area contributed by atoms with E-state index in [4.69, 9.17) is 19.9 Å². The Bertz CT molecular complexity index is 4030. The average molecular weight is 1200 g/mol. The summed E-state index contributed by atoms with van der Waals surface area (Å²) in [6.45, 7) is 0. The number of fused-ring (bicyclic) bond motifs is 4. The molecular weight excluding hydrogens is 1120 g/mol. The molecule has 4 heterocycles. The van der Waals surface area contributed by atoms with Crippen molar-refractivity contribution >= 4 is 86.7 Å². The molecule has 17 rings (SSSR count). The van der Waals surface area contributed by atoms with Gasteiger partial charge in [0, 0.05) is 22.3 Å². The van der Waals surface area contributed by atoms with Crippen LogP contribution in [0, 0.1) is 0 Å². The van der Waals surface area contributed by atoms with Crippen molar-refractivity contribution in [1.82, 2.24) is 19.9 Å². The summed E-state index contributed by atoms with van der Waals surface area (Å²) < 4.78 is 0. The van der Waals surface area contributed by atoms with Gasteiger partial charge in [-0.15, -0.1) is 22.1 Å². The van der Waals surface area contributed by atoms with E-state index in [0.717, 1.165) is 96.2 Å². The van der Waals surface area contributed by atoms with Gasteiger partial charge in [0.25, 0.3) is 0 Å². The summed E-state index contributed by atoms with van der Waals surface area (Å²) in [5.41, 5.74) is 19.8. The average Bonchev–Trinajstić information content (AvgIpc) is 1.82. The van der Waals surface area contributed by atoms with E-state index < -0.39 is 0 Å². The van der Waals surface area contributed by atoms with Crippen molar-refractivity contribution in [3.63, 3.8) is 0 Å². The third-order valence-corrected chi connectivity index (χ3v) is 21.6. The Labute approximate surface area is 514 Å². The maximum atomic E-state index is 6.47. The van der Waals surface area contributed by atoms with E-state index in [9.17, 15) is 0 Å². The summed E-state index contributed by atoms with van der Waals surface area (Å²) in [7, 11) is 0. The maximum Gasteiger partial charge on any atom is 2.00 e. The van der Waals surface area contributed by atoms with E-state index in [1.807, 2.05) is 0 Å². The molecule has 0 radical (unpaired) electrons. The van der Waals surface area contributed by atoms with Crippen LogP contribution in [0.5, 0.6) is 0 Å². The fourth-order valence-corrected chi connectivity index (χ4v) is 17.4. The summed E-state index contributed by atoms with van der Waals surface area (Å²) in [5, 5.41) is 15.3. The molecule has 8 bridgehead atoms. The molecule has 426 valence electrons. The van der Waals surface area contributed by atoms with Gasteiger partial charge in [0.2, 0.25) is 0 Å². The minimum Gasteiger partial charge on any atom is -0.656 e. The third-order valence-electron chi connectivity index (χ3n) is 21.6. The molecule has 0 atom stereocenters. The summed E-state index contributed by atoms with van der Waals surface area (Å²) in [4.78, 5) is 25.9. The van der Waals surface area contributed by atoms with Gasteiger partial charge in [-0.1, -0.05) is 200 Å². The van der Waals surface area contributed by atoms with Crippen molar-refractivity contribution in [3.05, 3.63) is 168 Å². The molecule has 0 amide bonds. The summed E-state index contributed by atoms with van der Waals surface area (Å²) >= 11 is 0. The number of nitrogens with zero attached hydrogens (tertiary/aromatic N) is 4. The Kier molecular flexibility index (Phi) is 14.1. The molecule has 8 aromatic carbocycles. The smallest absolute Gasteiger partial charge is 0.656 e. The molecule has 4 fully saturated rings. The second-order valence-corrected chi connectivity index (χ2v) is 26.6. The second-order valence-electron chi connectivity index (χ2n) is 26.6. The molecule has 5 aliphatic carbocycles. The topological polar surface area (TPSA) is 54.0 Å². The Morgan fingerprint density at radius 1 is 0.247 bits per heavy atom. The molecule has 4 saturated carbocycles. The number of rotatable bonds is 4. The predicted octanol–water partition coefficient (Wildman–Crippen LogP) is 22.9. The van der Waals surface area contributed by atoms with Crippen molar-refractivity contribution in [3.8, 4) is 45.0 Å². The van der Waals surface area contributed by atoms with Crippen LogP contribution in [0.2, 0.25) is 0 Å². The molecule has 0 N–H and O–H groups in total. The van der Waals surface area contributed by atoms with Crippen molar-refractivity contribution in [2.75, 3.05) is 0 Å². The second kappa shape index (κ2) is 22.4. The summed E-state index contributed by atoms with van der Waals surface area (Å²) in [6, 6.07) is 56.8. The zero-order valence-electron chi connectivity index (χ0n) is 49.2. The van der Waals surface area contributed by atoms with Crippen molar-refractivity contribution in [1.29, 1.82) is 0 Å². The van der Waals surface area contributed by atoms with Crippen LogP contribution >= 0.6 is 0 Å². The number of benzene rings is 8. The van der Waals surface area contributed by atoms with Crippen molar-refractivity contribution in [2.24, 2.45) is 0 Å². The molecule has 4 nitrogen and oxygen atoms in total. The number of hydrogen-bond acceptors (Lipinski definition) is 2. The largest absolute Gasteiger partial charge is 2.00 e. The first kappa shape index (κ1) is 53.6. The van der Waals surface area contributed by atoms with Crippen LogP contribution in [0.4, 0.5) is 0 Å². The maximum absolute atomic E-state index is 6.47. The van der Waals surface area contributed by atoms with Gasteiger partial charge in [-0.25, -0.2) is 9.97 Å². The molecular formula is C80H76N4Pd. The fraction of sp³-hybridized carbons (Fsp3) is 0.350. The first-order chi connectivity index (χ1) is 41.7. The SMILES string of the molecule is [Pd+2].c1ccc2cc3c(cc2c1)-c1nc-3c(C2CCCCCC2)c2[n-]c(c(C3CCCCCC3)c3nc(c(C4CCCCCC4)c4[n-]c(c1C1CCCCCC1)c1cc5ccccc5cc41)-c1cc4ccccc4cc1-3)c1cc3ccccc3cc21. The van der Waals surface area contributed by atoms with Gasteiger partial charge in [-0.3, -0.25) is 0 Å². The molecule has 2 aromatic heterocycles. The van der Waals surface area contributed by atoms with E-state index in [1.54, 1.807) is 0 Å². The van der Waals surface area contributed by atoms with Crippen LogP contribution in [0.15, 0.2) is 146 Å². The van der Waals surface area contributed by atoms with Crippen LogP contribution in [0.3, 0.4) is 0 Å². The van der Waals surface area contributed by atoms with Crippen LogP contribution in [-0.4, -0.2) is 9.97 Å². The first-order valence-corrected chi connectivity index (χ1v) is 33.1. The quantitative estimate of drug-likeness (QED) is 0.130. The van der Waals surface area contributed by atoms with Gasteiger partial charge in [-0.05, 0) is 210 Å². The Morgan fingerprint density at radius 2 is 0.435 bits per heavy atom. The molecule has 7 aliphatic rings. The standard InChI is InChI=1S/C80H76N4.Pd/c1-2-10-26-49(25-9-1)69-73-61-41-53-33-17-19-35-55(53)43-63(61)75(81-73)70(50-27-11-3-4-12-28-50)77-65-45-57-37-21-23-39-59(57)47-67(65)79(83-77)72(52-31-15-7-8-16-32-52)80-68-48-60-40-24-22-38-58(60)46-66(68)78(84-80)71(51-29-13-5-6-14-30-51)76-64-44-56-36-20-18-34-54(56)42-62(64)74(69)82-76;/h17-24,33-52H,1-16,25-32H2;/q-2;+2. The van der Waals surface area contributed by atoms with Gasteiger partial charge in [0.05, 0.1) is 22.8 Å². The molecule has 5 heteroatoms. The Balaban J connectivity index is 0.00000588. The minimum absolute atomic E-state index is 0. The monoisotopic (exact) mass is 1200 g/mol. The van der Waals surface area contributed by atoms with E-state index in [0.29, 0.717) is 23.7 Å². The van der Waals surface area contributed by atoms with Crippen molar-refractivity contribution < 1.29 is 20.4 Å². The van der Waals surface area contributed by atoms with Gasteiger partial charge < -0.3 is 9.97 Å². The Morgan fingerprint density at radius 3 is 0.635 bits per heavy atom. The van der Waals surface area contributed by atoms with E-state index in [1.165, 1.54) is 212 Å². The molecule has 10 aromatic rings. The van der Waals surface area contributed by atoms with Gasteiger partial charge >= 0.3 is 20.4 Å². The summed E-state index contributed by atoms with van der Waals surface area (Å²) in [5.74, 6) is 1.19. The van der Waals surface area contributed by atoms with Crippen LogP contribution < -0.4 is 9.97 Å². The summed E-state index contributed by atoms with van der Waals surface area (Å²) in [6.07, 6.45) is 29.1. The number of hydrogen-bond donors (Lipinski definition) is 0. The van der Waals surface area contributed by atoms with E-state index >= 15 is 0 Å². The molecule has 0 saturated heterocycles. The van der Waals surface area contributed by atoms with Crippen molar-refractivity contribution in [2.45, 2.75) is 178 Å². The molecule has 85 heavy (non-hydrogen) atoms. The van der Waals surface area contributed by atoms with Gasteiger partial charge in [0.15, 0.2) is 0 Å². The first-order valence-electron chi connectivity index (χ1n) is 33.1. The number of aromatic nitrogens is 4. The predicted molar refractivity (Wildman–Crippen MR) is 355 cm³/mol. The van der Waals surface area contributed by atoms with Crippen LogP contribution in [0.1, 0.15) is 200 Å². The fourth-order valence-electron chi connectivity index (χ4n) is 17.4. The molecule has 0 spiro atoms. The van der Waals surface area contributed by atoms with Gasteiger partial charge in [0.1, 0.15) is 0 Å². The normalized spacial score (nSPS) is 17.9. The van der Waals surface area contributed by atoms with Gasteiger partial charge in [-0.2, -0.15) is 0 Å².